The average molecular weight is 514 g/mol. The zero-order valence-electron chi connectivity index (χ0n) is 20.9. The third-order valence-electron chi connectivity index (χ3n) is 6.03. The van der Waals surface area contributed by atoms with E-state index in [1.54, 1.807) is 30.5 Å². The summed E-state index contributed by atoms with van der Waals surface area (Å²) in [4.78, 5) is 25.9. The van der Waals surface area contributed by atoms with Crippen LogP contribution in [0.5, 0.6) is 0 Å². The number of benzene rings is 3. The Bertz CT molecular complexity index is 1770. The van der Waals surface area contributed by atoms with Crippen molar-refractivity contribution in [1.82, 2.24) is 20.1 Å². The lowest BCUT2D eigenvalue weighted by Crippen LogP contribution is -2.11. The molecular weight excluding hydrogens is 490 g/mol. The van der Waals surface area contributed by atoms with Gasteiger partial charge in [-0.05, 0) is 67.1 Å². The van der Waals surface area contributed by atoms with Crippen LogP contribution in [0, 0.1) is 6.92 Å². The molecule has 0 aliphatic carbocycles. The van der Waals surface area contributed by atoms with E-state index in [2.05, 4.69) is 36.1 Å². The van der Waals surface area contributed by atoms with Crippen LogP contribution in [-0.4, -0.2) is 26.0 Å². The van der Waals surface area contributed by atoms with Crippen molar-refractivity contribution in [2.45, 2.75) is 6.92 Å². The third kappa shape index (κ3) is 5.42. The van der Waals surface area contributed by atoms with Gasteiger partial charge in [0.25, 0.3) is 5.91 Å². The van der Waals surface area contributed by atoms with Crippen molar-refractivity contribution in [3.05, 3.63) is 115 Å². The van der Waals surface area contributed by atoms with Crippen LogP contribution < -0.4 is 16.0 Å². The number of amides is 1. The van der Waals surface area contributed by atoms with Crippen LogP contribution in [0.3, 0.4) is 0 Å². The minimum absolute atomic E-state index is 0.228. The normalized spacial score (nSPS) is 10.8. The van der Waals surface area contributed by atoms with E-state index in [9.17, 15) is 4.79 Å². The number of rotatable bonds is 7. The summed E-state index contributed by atoms with van der Waals surface area (Å²) in [7, 11) is 0. The highest BCUT2D eigenvalue weighted by atomic mass is 16.5. The van der Waals surface area contributed by atoms with Gasteiger partial charge >= 0.3 is 0 Å². The molecule has 3 N–H and O–H groups in total. The number of nitrogens with zero attached hydrogens (tertiary/aromatic N) is 4. The summed E-state index contributed by atoms with van der Waals surface area (Å²) in [5.41, 5.74) is 4.68. The molecular formula is C30H23N7O2. The lowest BCUT2D eigenvalue weighted by atomic mass is 10.1. The molecule has 3 heterocycles. The van der Waals surface area contributed by atoms with Crippen molar-refractivity contribution in [2.75, 3.05) is 16.0 Å². The van der Waals surface area contributed by atoms with E-state index in [4.69, 9.17) is 4.52 Å². The first-order chi connectivity index (χ1) is 19.1. The molecule has 0 aliphatic heterocycles. The number of anilines is 5. The summed E-state index contributed by atoms with van der Waals surface area (Å²) in [6, 6.07) is 28.1. The van der Waals surface area contributed by atoms with E-state index in [-0.39, 0.29) is 5.91 Å². The number of fused-ring (bicyclic) bond motifs is 1. The smallest absolute Gasteiger partial charge is 0.255 e. The number of aryl methyl sites for hydroxylation is 1. The summed E-state index contributed by atoms with van der Waals surface area (Å²) in [6.45, 7) is 2.00. The maximum Gasteiger partial charge on any atom is 0.255 e. The number of carbonyl (C=O) groups excluding carboxylic acids is 1. The zero-order valence-corrected chi connectivity index (χ0v) is 20.9. The molecule has 0 unspecified atom stereocenters. The molecule has 0 aliphatic rings. The summed E-state index contributed by atoms with van der Waals surface area (Å²) in [6.07, 6.45) is 3.22. The molecule has 3 aromatic carbocycles. The highest BCUT2D eigenvalue weighted by Crippen LogP contribution is 2.29. The van der Waals surface area contributed by atoms with Gasteiger partial charge in [-0.1, -0.05) is 35.5 Å². The minimum atomic E-state index is -0.228. The standard InChI is InChI=1S/C30H23N7O2/c1-19-13-14-31-26(15-19)36-28-17-27(32-18-33-28)34-22-8-10-23(11-9-22)35-30(38)21-7-12-25-24(16-21)29(39-37-25)20-5-3-2-4-6-20/h2-18H,1H3,(H,35,38)(H2,31,32,33,34,36). The monoisotopic (exact) mass is 513 g/mol. The Morgan fingerprint density at radius 3 is 2.28 bits per heavy atom. The van der Waals surface area contributed by atoms with Crippen molar-refractivity contribution in [3.8, 4) is 11.3 Å². The van der Waals surface area contributed by atoms with Gasteiger partial charge in [-0.2, -0.15) is 0 Å². The number of hydrogen-bond donors (Lipinski definition) is 3. The lowest BCUT2D eigenvalue weighted by Gasteiger charge is -2.10. The summed E-state index contributed by atoms with van der Waals surface area (Å²) in [5, 5.41) is 14.3. The Kier molecular flexibility index (Phi) is 6.36. The van der Waals surface area contributed by atoms with Crippen LogP contribution in [0.1, 0.15) is 15.9 Å². The van der Waals surface area contributed by atoms with Crippen LogP contribution >= 0.6 is 0 Å². The molecule has 0 bridgehead atoms. The average Bonchev–Trinajstić information content (AvgIpc) is 3.38. The van der Waals surface area contributed by atoms with E-state index in [1.165, 1.54) is 6.33 Å². The largest absolute Gasteiger partial charge is 0.355 e. The molecule has 0 saturated heterocycles. The van der Waals surface area contributed by atoms with Gasteiger partial charge in [0.1, 0.15) is 29.3 Å². The second kappa shape index (κ2) is 10.4. The van der Waals surface area contributed by atoms with E-state index in [0.717, 1.165) is 22.2 Å². The maximum absolute atomic E-state index is 13.0. The number of carbonyl (C=O) groups is 1. The second-order valence-corrected chi connectivity index (χ2v) is 8.90. The zero-order chi connectivity index (χ0) is 26.6. The van der Waals surface area contributed by atoms with Crippen LogP contribution in [0.4, 0.5) is 28.8 Å². The van der Waals surface area contributed by atoms with E-state index >= 15 is 0 Å². The molecule has 6 aromatic rings. The molecule has 190 valence electrons. The molecule has 0 atom stereocenters. The second-order valence-electron chi connectivity index (χ2n) is 8.90. The van der Waals surface area contributed by atoms with Gasteiger partial charge < -0.3 is 20.5 Å². The van der Waals surface area contributed by atoms with Crippen LogP contribution in [0.15, 0.2) is 108 Å². The molecule has 9 nitrogen and oxygen atoms in total. The first kappa shape index (κ1) is 23.8. The first-order valence-electron chi connectivity index (χ1n) is 12.3. The van der Waals surface area contributed by atoms with Crippen molar-refractivity contribution in [1.29, 1.82) is 0 Å². The minimum Gasteiger partial charge on any atom is -0.355 e. The fraction of sp³-hybridized carbons (Fsp3) is 0.0333. The number of aromatic nitrogens is 4. The quantitative estimate of drug-likeness (QED) is 0.215. The van der Waals surface area contributed by atoms with Crippen molar-refractivity contribution >= 4 is 45.6 Å². The Balaban J connectivity index is 1.13. The van der Waals surface area contributed by atoms with Gasteiger partial charge in [-0.3, -0.25) is 4.79 Å². The fourth-order valence-electron chi connectivity index (χ4n) is 4.10. The summed E-state index contributed by atoms with van der Waals surface area (Å²) >= 11 is 0. The molecule has 0 radical (unpaired) electrons. The van der Waals surface area contributed by atoms with Crippen molar-refractivity contribution < 1.29 is 9.32 Å². The Hall–Kier alpha value is -5.57. The molecule has 9 heteroatoms. The lowest BCUT2D eigenvalue weighted by molar-refractivity contribution is 0.102. The van der Waals surface area contributed by atoms with Crippen molar-refractivity contribution in [2.24, 2.45) is 0 Å². The molecule has 6 rings (SSSR count). The molecule has 0 saturated carbocycles. The van der Waals surface area contributed by atoms with Gasteiger partial charge in [0, 0.05) is 34.8 Å². The van der Waals surface area contributed by atoms with Gasteiger partial charge in [-0.25, -0.2) is 15.0 Å². The van der Waals surface area contributed by atoms with Crippen LogP contribution in [0.25, 0.3) is 22.2 Å². The highest BCUT2D eigenvalue weighted by Gasteiger charge is 2.14. The Labute approximate surface area is 224 Å². The summed E-state index contributed by atoms with van der Waals surface area (Å²) in [5.74, 6) is 2.35. The molecule has 1 amide bonds. The number of hydrogen-bond acceptors (Lipinski definition) is 8. The number of pyridine rings is 1. The number of nitrogens with one attached hydrogen (secondary N) is 3. The van der Waals surface area contributed by atoms with Gasteiger partial charge in [-0.15, -0.1) is 0 Å². The van der Waals surface area contributed by atoms with E-state index < -0.39 is 0 Å². The van der Waals surface area contributed by atoms with Crippen LogP contribution in [-0.2, 0) is 0 Å². The Morgan fingerprint density at radius 1 is 0.744 bits per heavy atom. The third-order valence-corrected chi connectivity index (χ3v) is 6.03. The highest BCUT2D eigenvalue weighted by molar-refractivity contribution is 6.07. The van der Waals surface area contributed by atoms with Gasteiger partial charge in [0.05, 0.1) is 5.39 Å². The molecule has 0 spiro atoms. The van der Waals surface area contributed by atoms with E-state index in [1.807, 2.05) is 73.7 Å². The van der Waals surface area contributed by atoms with Crippen molar-refractivity contribution in [3.63, 3.8) is 0 Å². The van der Waals surface area contributed by atoms with Gasteiger partial charge in [0.2, 0.25) is 0 Å². The Morgan fingerprint density at radius 2 is 1.49 bits per heavy atom. The molecule has 0 fully saturated rings. The molecule has 39 heavy (non-hydrogen) atoms. The maximum atomic E-state index is 13.0. The first-order valence-corrected chi connectivity index (χ1v) is 12.3. The van der Waals surface area contributed by atoms with Crippen LogP contribution in [0.2, 0.25) is 0 Å². The molecule has 3 aromatic heterocycles. The predicted octanol–water partition coefficient (Wildman–Crippen LogP) is 6.73. The topological polar surface area (TPSA) is 118 Å². The fourth-order valence-corrected chi connectivity index (χ4v) is 4.10. The predicted molar refractivity (Wildman–Crippen MR) is 151 cm³/mol. The van der Waals surface area contributed by atoms with Gasteiger partial charge in [0.15, 0.2) is 5.76 Å². The van der Waals surface area contributed by atoms with E-state index in [0.29, 0.717) is 40.0 Å². The summed E-state index contributed by atoms with van der Waals surface area (Å²) < 4.78 is 5.55. The SMILES string of the molecule is Cc1ccnc(Nc2cc(Nc3ccc(NC(=O)c4ccc5noc(-c6ccccc6)c5c4)cc3)ncn2)c1.